The first-order valence-electron chi connectivity index (χ1n) is 20.1. The maximum absolute atomic E-state index is 13.6. The molecule has 4 aromatic heterocycles. The van der Waals surface area contributed by atoms with Crippen molar-refractivity contribution in [2.75, 3.05) is 36.2 Å². The van der Waals surface area contributed by atoms with Crippen molar-refractivity contribution in [3.63, 3.8) is 0 Å². The molecule has 3 N–H and O–H groups in total. The Morgan fingerprint density at radius 1 is 0.875 bits per heavy atom. The lowest BCUT2D eigenvalue weighted by atomic mass is 10.1. The average molecular weight is 889 g/mol. The number of nitrogens with zero attached hydrogens (tertiary/aromatic N) is 7. The van der Waals surface area contributed by atoms with E-state index in [1.54, 1.807) is 97.9 Å². The third-order valence-corrected chi connectivity index (χ3v) is 11.5. The molecule has 330 valence electrons. The average Bonchev–Trinajstić information content (AvgIpc) is 4.08. The fourth-order valence-electron chi connectivity index (χ4n) is 7.79. The van der Waals surface area contributed by atoms with E-state index in [0.29, 0.717) is 75.7 Å². The molecule has 8 rings (SSSR count). The molecule has 1 fully saturated rings. The second-order valence-corrected chi connectivity index (χ2v) is 16.5. The van der Waals surface area contributed by atoms with Gasteiger partial charge in [-0.15, -0.1) is 0 Å². The van der Waals surface area contributed by atoms with Gasteiger partial charge in [0.1, 0.15) is 22.1 Å². The maximum atomic E-state index is 13.6. The molecule has 0 saturated carbocycles. The van der Waals surface area contributed by atoms with Gasteiger partial charge in [-0.25, -0.2) is 13.4 Å². The van der Waals surface area contributed by atoms with Gasteiger partial charge in [0.15, 0.2) is 17.3 Å². The van der Waals surface area contributed by atoms with Crippen LogP contribution in [0.3, 0.4) is 0 Å². The zero-order valence-electron chi connectivity index (χ0n) is 35.3. The smallest absolute Gasteiger partial charge is 0.291 e. The topological polar surface area (TPSA) is 222 Å². The number of benzene rings is 2. The minimum Gasteiger partial charge on any atom is -0.493 e. The predicted molar refractivity (Wildman–Crippen MR) is 239 cm³/mol. The first-order chi connectivity index (χ1) is 30.6. The number of carbonyl (C=O) groups excluding carboxylic acids is 5. The zero-order valence-corrected chi connectivity index (χ0v) is 36.2. The summed E-state index contributed by atoms with van der Waals surface area (Å²) in [4.78, 5) is 77.0. The first kappa shape index (κ1) is 42.9. The molecule has 4 amide bonds. The normalized spacial score (nSPS) is 14.4. The number of methoxy groups -OCH3 is 1. The Kier molecular flexibility index (Phi) is 11.8. The molecule has 0 unspecified atom stereocenters. The van der Waals surface area contributed by atoms with E-state index in [9.17, 15) is 32.4 Å². The molecule has 1 atom stereocenters. The van der Waals surface area contributed by atoms with Crippen LogP contribution in [0, 0.1) is 0 Å². The Hall–Kier alpha value is -7.74. The summed E-state index contributed by atoms with van der Waals surface area (Å²) in [7, 11) is 3.82. The monoisotopic (exact) mass is 888 g/mol. The summed E-state index contributed by atoms with van der Waals surface area (Å²) in [5.74, 6) is -1.09. The van der Waals surface area contributed by atoms with Gasteiger partial charge in [-0.05, 0) is 54.8 Å². The van der Waals surface area contributed by atoms with Gasteiger partial charge < -0.3 is 44.0 Å². The van der Waals surface area contributed by atoms with E-state index < -0.39 is 22.5 Å². The van der Waals surface area contributed by atoms with E-state index in [1.807, 2.05) is 0 Å². The number of anilines is 3. The highest BCUT2D eigenvalue weighted by Gasteiger charge is 2.34. The van der Waals surface area contributed by atoms with Crippen molar-refractivity contribution in [1.82, 2.24) is 28.2 Å². The van der Waals surface area contributed by atoms with Crippen LogP contribution in [-0.2, 0) is 42.4 Å². The Bertz CT molecular complexity index is 3010. The molecule has 6 heterocycles. The summed E-state index contributed by atoms with van der Waals surface area (Å²) in [6.07, 6.45) is 9.12. The molecule has 0 spiro atoms. The highest BCUT2D eigenvalue weighted by molar-refractivity contribution is 7.71. The Labute approximate surface area is 367 Å². The van der Waals surface area contributed by atoms with Crippen LogP contribution in [0.4, 0.5) is 22.9 Å². The van der Waals surface area contributed by atoms with Gasteiger partial charge in [0.25, 0.3) is 23.6 Å². The summed E-state index contributed by atoms with van der Waals surface area (Å²) in [5.41, 5.74) is 4.27. The van der Waals surface area contributed by atoms with Crippen molar-refractivity contribution >= 4 is 80.2 Å². The number of fused-ring (bicyclic) bond motifs is 3. The zero-order chi connectivity index (χ0) is 45.4. The number of aliphatic imine (C=N–C) groups is 1. The third-order valence-electron chi connectivity index (χ3n) is 10.9. The van der Waals surface area contributed by atoms with Gasteiger partial charge in [0.2, 0.25) is 11.7 Å². The van der Waals surface area contributed by atoms with Crippen molar-refractivity contribution in [3.05, 3.63) is 114 Å². The van der Waals surface area contributed by atoms with E-state index in [-0.39, 0.29) is 59.9 Å². The standard InChI is InChI=1S/C44H44N10O9S/c1-25-13-30-19-45-32-18-37(36(62-5)17-31(32)43(58)54(30)20-25)63-12-6-7-39(55)48-38-23-52(4)40(49-38)42(57)47-28-15-34(50(2)21-28)41(56)46-29-16-35(51(3)22-29)44(59)53-11-10-27-14-26(24-64(60)61)8-9-33(27)53/h8-11,14-19,21-23,30,64H,1,6-7,12-13,20,24H2,2-5H3,(H,46,56)(H,47,57)(H,48,55)/t30-/m0/s1. The van der Waals surface area contributed by atoms with Crippen molar-refractivity contribution in [3.8, 4) is 11.5 Å². The molecule has 1 saturated heterocycles. The van der Waals surface area contributed by atoms with Gasteiger partial charge in [0, 0.05) is 76.6 Å². The molecule has 2 aromatic carbocycles. The number of hydrogen-bond donors (Lipinski definition) is 4. The van der Waals surface area contributed by atoms with Crippen molar-refractivity contribution < 1.29 is 41.9 Å². The number of imidazole rings is 1. The lowest BCUT2D eigenvalue weighted by molar-refractivity contribution is -0.116. The lowest BCUT2D eigenvalue weighted by Gasteiger charge is -2.20. The molecule has 2 aliphatic heterocycles. The van der Waals surface area contributed by atoms with Gasteiger partial charge in [-0.2, -0.15) is 0 Å². The largest absolute Gasteiger partial charge is 0.493 e. The first-order valence-corrected chi connectivity index (χ1v) is 21.4. The Balaban J connectivity index is 0.835. The second kappa shape index (κ2) is 17.6. The van der Waals surface area contributed by atoms with Gasteiger partial charge in [0.05, 0.1) is 53.7 Å². The van der Waals surface area contributed by atoms with E-state index in [4.69, 9.17) is 9.47 Å². The molecule has 0 aliphatic carbocycles. The summed E-state index contributed by atoms with van der Waals surface area (Å²) < 4.78 is 39.9. The van der Waals surface area contributed by atoms with Crippen molar-refractivity contribution in [2.45, 2.75) is 31.1 Å². The van der Waals surface area contributed by atoms with Crippen LogP contribution in [-0.4, -0.2) is 98.6 Å². The van der Waals surface area contributed by atoms with Crippen molar-refractivity contribution in [1.29, 1.82) is 0 Å². The number of thiol groups is 1. The van der Waals surface area contributed by atoms with Crippen LogP contribution in [0.1, 0.15) is 66.8 Å². The lowest BCUT2D eigenvalue weighted by Crippen LogP contribution is -2.35. The SMILES string of the molecule is C=C1C[C@H]2C=Nc3cc(OCCCC(=O)Nc4cn(C)c(C(=O)Nc5cc(C(=O)Nc6cc(C(=O)n7ccc8cc(C[SH](=O)=O)ccc87)n(C)c6)n(C)c5)n4)c(OC)cc3C(=O)N2C1. The molecule has 2 aliphatic rings. The highest BCUT2D eigenvalue weighted by atomic mass is 32.2. The molecule has 0 bridgehead atoms. The maximum Gasteiger partial charge on any atom is 0.291 e. The number of hydrogen-bond acceptors (Lipinski definition) is 11. The molecule has 0 radical (unpaired) electrons. The van der Waals surface area contributed by atoms with Crippen LogP contribution in [0.5, 0.6) is 11.5 Å². The minimum absolute atomic E-state index is 0.00650. The third kappa shape index (κ3) is 8.80. The van der Waals surface area contributed by atoms with Crippen LogP contribution in [0.2, 0.25) is 0 Å². The van der Waals surface area contributed by atoms with Crippen LogP contribution >= 0.6 is 0 Å². The van der Waals surface area contributed by atoms with E-state index >= 15 is 0 Å². The molecule has 6 aromatic rings. The van der Waals surface area contributed by atoms with E-state index in [2.05, 4.69) is 32.5 Å². The summed E-state index contributed by atoms with van der Waals surface area (Å²) in [6.45, 7) is 4.65. The summed E-state index contributed by atoms with van der Waals surface area (Å²) >= 11 is 0. The quantitative estimate of drug-likeness (QED) is 0.0674. The molecular weight excluding hydrogens is 845 g/mol. The fourth-order valence-corrected chi connectivity index (χ4v) is 8.28. The second-order valence-electron chi connectivity index (χ2n) is 15.5. The number of amides is 4. The summed E-state index contributed by atoms with van der Waals surface area (Å²) in [5, 5.41) is 8.97. The molecule has 19 nitrogen and oxygen atoms in total. The van der Waals surface area contributed by atoms with Crippen LogP contribution < -0.4 is 25.4 Å². The van der Waals surface area contributed by atoms with Gasteiger partial charge in [-0.3, -0.25) is 33.5 Å². The van der Waals surface area contributed by atoms with Gasteiger partial charge >= 0.3 is 0 Å². The van der Waals surface area contributed by atoms with Crippen LogP contribution in [0.25, 0.3) is 10.9 Å². The molecular formula is C44H44N10O9S. The number of rotatable bonds is 14. The Morgan fingerprint density at radius 2 is 1.61 bits per heavy atom. The predicted octanol–water partition coefficient (Wildman–Crippen LogP) is 4.65. The number of ether oxygens (including phenoxy) is 2. The molecule has 64 heavy (non-hydrogen) atoms. The van der Waals surface area contributed by atoms with E-state index in [1.165, 1.54) is 33.1 Å². The van der Waals surface area contributed by atoms with Gasteiger partial charge in [-0.1, -0.05) is 18.2 Å². The van der Waals surface area contributed by atoms with Crippen molar-refractivity contribution in [2.24, 2.45) is 26.1 Å². The number of carbonyl (C=O) groups is 5. The van der Waals surface area contributed by atoms with E-state index in [0.717, 1.165) is 5.57 Å². The Morgan fingerprint density at radius 3 is 2.36 bits per heavy atom. The minimum atomic E-state index is -2.59. The number of aryl methyl sites for hydroxylation is 3. The number of aromatic nitrogens is 5. The fraction of sp³-hybridized carbons (Fsp3) is 0.250. The highest BCUT2D eigenvalue weighted by Crippen LogP contribution is 2.38. The van der Waals surface area contributed by atoms with Crippen LogP contribution in [0.15, 0.2) is 90.5 Å². The summed E-state index contributed by atoms with van der Waals surface area (Å²) in [6, 6.07) is 13.0. The number of nitrogens with one attached hydrogen (secondary N) is 3. The molecule has 20 heteroatoms.